The number of carbonyl (C=O) groups is 3. The lowest BCUT2D eigenvalue weighted by atomic mass is 9.97. The van der Waals surface area contributed by atoms with Gasteiger partial charge in [-0.1, -0.05) is 0 Å². The third kappa shape index (κ3) is 3.95. The first-order chi connectivity index (χ1) is 15.3. The quantitative estimate of drug-likeness (QED) is 0.245. The van der Waals surface area contributed by atoms with Gasteiger partial charge < -0.3 is 29.0 Å². The first-order valence-corrected chi connectivity index (χ1v) is 10.7. The maximum Gasteiger partial charge on any atom is 0.354 e. The van der Waals surface area contributed by atoms with Gasteiger partial charge in [0.2, 0.25) is 0 Å². The normalized spacial score (nSPS) is 18.1. The number of aliphatic hydroxyl groups is 1. The molecule has 9 nitrogen and oxygen atoms in total. The van der Waals surface area contributed by atoms with Crippen LogP contribution in [0.25, 0.3) is 5.76 Å². The van der Waals surface area contributed by atoms with Crippen molar-refractivity contribution in [3.63, 3.8) is 0 Å². The van der Waals surface area contributed by atoms with Gasteiger partial charge in [-0.15, -0.1) is 0 Å². The molecule has 32 heavy (non-hydrogen) atoms. The Bertz CT molecular complexity index is 1050. The number of Topliss-reactive ketones (excluding diaryl/α,β-unsaturated/α-hetero) is 1. The molecule has 0 aliphatic carbocycles. The number of esters is 1. The van der Waals surface area contributed by atoms with Crippen molar-refractivity contribution in [2.45, 2.75) is 33.7 Å². The second kappa shape index (κ2) is 9.44. The van der Waals surface area contributed by atoms with E-state index in [0.29, 0.717) is 35.7 Å². The molecular weight excluding hydrogens is 414 g/mol. The van der Waals surface area contributed by atoms with Crippen LogP contribution in [0.1, 0.15) is 53.0 Å². The van der Waals surface area contributed by atoms with Gasteiger partial charge in [0.1, 0.15) is 23.3 Å². The molecule has 1 fully saturated rings. The lowest BCUT2D eigenvalue weighted by Crippen LogP contribution is -3.12. The third-order valence-corrected chi connectivity index (χ3v) is 6.12. The Labute approximate surface area is 186 Å². The largest absolute Gasteiger partial charge is 0.507 e. The summed E-state index contributed by atoms with van der Waals surface area (Å²) in [4.78, 5) is 43.8. The predicted octanol–water partition coefficient (Wildman–Crippen LogP) is 1.36. The van der Waals surface area contributed by atoms with Gasteiger partial charge >= 0.3 is 5.97 Å². The zero-order valence-electron chi connectivity index (χ0n) is 19.1. The number of aromatic amines is 1. The van der Waals surface area contributed by atoms with Crippen LogP contribution in [0.4, 0.5) is 0 Å². The minimum absolute atomic E-state index is 0.0545. The van der Waals surface area contributed by atoms with Crippen molar-refractivity contribution in [2.24, 2.45) is 0 Å². The van der Waals surface area contributed by atoms with E-state index in [2.05, 4.69) is 18.8 Å². The van der Waals surface area contributed by atoms with E-state index >= 15 is 0 Å². The number of carbonyl (C=O) groups excluding carboxylic acids is 3. The summed E-state index contributed by atoms with van der Waals surface area (Å²) in [7, 11) is 1.26. The highest BCUT2D eigenvalue weighted by atomic mass is 16.5. The summed E-state index contributed by atoms with van der Waals surface area (Å²) in [6.45, 7) is 10.2. The second-order valence-corrected chi connectivity index (χ2v) is 7.83. The van der Waals surface area contributed by atoms with Gasteiger partial charge in [0.05, 0.1) is 45.1 Å². The molecule has 2 aromatic heterocycles. The molecule has 0 saturated carbocycles. The zero-order valence-corrected chi connectivity index (χ0v) is 19.1. The van der Waals surface area contributed by atoms with E-state index in [1.165, 1.54) is 23.2 Å². The fourth-order valence-electron chi connectivity index (χ4n) is 4.28. The minimum atomic E-state index is -0.852. The van der Waals surface area contributed by atoms with Crippen molar-refractivity contribution < 1.29 is 33.5 Å². The molecule has 0 radical (unpaired) electrons. The fraction of sp³-hybridized carbons (Fsp3) is 0.435. The van der Waals surface area contributed by atoms with E-state index in [-0.39, 0.29) is 17.0 Å². The molecule has 9 heteroatoms. The van der Waals surface area contributed by atoms with Gasteiger partial charge in [0, 0.05) is 11.3 Å². The second-order valence-electron chi connectivity index (χ2n) is 7.83. The molecule has 1 saturated heterocycles. The molecule has 1 amide bonds. The standard InChI is InChI=1S/C23H29N3O6/c1-6-25(7-2)10-11-26-19(15-9-8-12-32-15)17(21(28)22(26)29)20(27)16-13(3)18(23(30)31-5)24-14(16)4/h8-9,12,19,24,27H,6-7,10-11H2,1-5H3/p+1/b20-17-/t19-/m1/s1. The Morgan fingerprint density at radius 3 is 2.53 bits per heavy atom. The first-order valence-electron chi connectivity index (χ1n) is 10.7. The Morgan fingerprint density at radius 2 is 1.97 bits per heavy atom. The van der Waals surface area contributed by atoms with Crippen LogP contribution >= 0.6 is 0 Å². The Kier molecular flexibility index (Phi) is 6.88. The van der Waals surface area contributed by atoms with Crippen LogP contribution in [-0.2, 0) is 14.3 Å². The average Bonchev–Trinajstić information content (AvgIpc) is 3.47. The van der Waals surface area contributed by atoms with Gasteiger partial charge in [0.15, 0.2) is 0 Å². The first kappa shape index (κ1) is 23.3. The summed E-state index contributed by atoms with van der Waals surface area (Å²) in [6, 6.07) is 2.50. The molecule has 0 unspecified atom stereocenters. The summed E-state index contributed by atoms with van der Waals surface area (Å²) in [5, 5.41) is 11.3. The van der Waals surface area contributed by atoms with Crippen molar-refractivity contribution >= 4 is 23.4 Å². The minimum Gasteiger partial charge on any atom is -0.507 e. The summed E-state index contributed by atoms with van der Waals surface area (Å²) < 4.78 is 10.3. The number of furan rings is 1. The topological polar surface area (TPSA) is 117 Å². The number of ketones is 1. The molecular formula is C23H30N3O6+. The number of nitrogens with zero attached hydrogens (tertiary/aromatic N) is 1. The summed E-state index contributed by atoms with van der Waals surface area (Å²) in [6.07, 6.45) is 1.47. The molecule has 3 rings (SSSR count). The van der Waals surface area contributed by atoms with E-state index in [4.69, 9.17) is 9.15 Å². The molecule has 1 atom stereocenters. The number of likely N-dealkylation sites (N-methyl/N-ethyl adjacent to an activating group) is 1. The molecule has 0 aromatic carbocycles. The van der Waals surface area contributed by atoms with Crippen LogP contribution in [0, 0.1) is 13.8 Å². The highest BCUT2D eigenvalue weighted by Gasteiger charge is 2.48. The van der Waals surface area contributed by atoms with Crippen LogP contribution in [-0.4, -0.2) is 65.9 Å². The number of quaternary nitrogens is 1. The van der Waals surface area contributed by atoms with Crippen LogP contribution in [0.15, 0.2) is 28.4 Å². The number of ether oxygens (including phenoxy) is 1. The Morgan fingerprint density at radius 1 is 1.28 bits per heavy atom. The van der Waals surface area contributed by atoms with Crippen molar-refractivity contribution in [2.75, 3.05) is 33.3 Å². The van der Waals surface area contributed by atoms with E-state index in [1.807, 2.05) is 0 Å². The number of rotatable bonds is 8. The predicted molar refractivity (Wildman–Crippen MR) is 116 cm³/mol. The van der Waals surface area contributed by atoms with E-state index in [9.17, 15) is 19.5 Å². The number of likely N-dealkylation sites (tertiary alicyclic amines) is 1. The van der Waals surface area contributed by atoms with Gasteiger partial charge in [0.25, 0.3) is 11.7 Å². The number of methoxy groups -OCH3 is 1. The van der Waals surface area contributed by atoms with Crippen LogP contribution in [0.3, 0.4) is 0 Å². The molecule has 2 aromatic rings. The lowest BCUT2D eigenvalue weighted by molar-refractivity contribution is -0.895. The summed E-state index contributed by atoms with van der Waals surface area (Å²) in [5.74, 6) is -2.00. The Hall–Kier alpha value is -3.33. The number of amides is 1. The van der Waals surface area contributed by atoms with E-state index in [0.717, 1.165) is 13.1 Å². The van der Waals surface area contributed by atoms with Crippen molar-refractivity contribution in [3.05, 3.63) is 52.2 Å². The van der Waals surface area contributed by atoms with Gasteiger partial charge in [-0.2, -0.15) is 0 Å². The number of aliphatic hydroxyl groups excluding tert-OH is 1. The van der Waals surface area contributed by atoms with Crippen molar-refractivity contribution in [3.8, 4) is 0 Å². The number of H-pyrrole nitrogens is 1. The molecule has 172 valence electrons. The maximum absolute atomic E-state index is 13.1. The summed E-state index contributed by atoms with van der Waals surface area (Å²) >= 11 is 0. The van der Waals surface area contributed by atoms with Crippen LogP contribution in [0.2, 0.25) is 0 Å². The van der Waals surface area contributed by atoms with Crippen LogP contribution < -0.4 is 4.90 Å². The lowest BCUT2D eigenvalue weighted by Gasteiger charge is -2.25. The number of hydrogen-bond donors (Lipinski definition) is 3. The van der Waals surface area contributed by atoms with Crippen molar-refractivity contribution in [1.29, 1.82) is 0 Å². The average molecular weight is 445 g/mol. The van der Waals surface area contributed by atoms with Gasteiger partial charge in [-0.05, 0) is 45.4 Å². The van der Waals surface area contributed by atoms with Crippen LogP contribution in [0.5, 0.6) is 0 Å². The number of aromatic nitrogens is 1. The number of aryl methyl sites for hydroxylation is 1. The number of hydrogen-bond acceptors (Lipinski definition) is 6. The Balaban J connectivity index is 2.12. The van der Waals surface area contributed by atoms with E-state index in [1.54, 1.807) is 26.0 Å². The monoisotopic (exact) mass is 444 g/mol. The smallest absolute Gasteiger partial charge is 0.354 e. The van der Waals surface area contributed by atoms with Gasteiger partial charge in [-0.25, -0.2) is 4.79 Å². The van der Waals surface area contributed by atoms with Gasteiger partial charge in [-0.3, -0.25) is 9.59 Å². The SMILES string of the molecule is CC[NH+](CC)CCN1C(=O)C(=O)/C(=C(\O)c2c(C)[nH]c(C(=O)OC)c2C)[C@H]1c1ccco1. The zero-order chi connectivity index (χ0) is 23.6. The molecule has 1 aliphatic rings. The molecule has 0 spiro atoms. The molecule has 3 heterocycles. The number of nitrogens with one attached hydrogen (secondary N) is 2. The highest BCUT2D eigenvalue weighted by molar-refractivity contribution is 6.46. The third-order valence-electron chi connectivity index (χ3n) is 6.12. The highest BCUT2D eigenvalue weighted by Crippen LogP contribution is 2.40. The fourth-order valence-corrected chi connectivity index (χ4v) is 4.28. The van der Waals surface area contributed by atoms with Crippen molar-refractivity contribution in [1.82, 2.24) is 9.88 Å². The molecule has 1 aliphatic heterocycles. The van der Waals surface area contributed by atoms with E-state index < -0.39 is 23.7 Å². The summed E-state index contributed by atoms with van der Waals surface area (Å²) in [5.41, 5.74) is 1.34. The molecule has 3 N–H and O–H groups in total. The molecule has 0 bridgehead atoms. The maximum atomic E-state index is 13.1.